The largest absolute Gasteiger partial charge is 0.478 e. The van der Waals surface area contributed by atoms with Gasteiger partial charge in [-0.1, -0.05) is 11.6 Å². The molecule has 1 aromatic heterocycles. The van der Waals surface area contributed by atoms with Crippen LogP contribution in [-0.2, 0) is 10.0 Å². The summed E-state index contributed by atoms with van der Waals surface area (Å²) < 4.78 is 31.8. The second-order valence-electron chi connectivity index (χ2n) is 3.63. The fraction of sp³-hybridized carbons (Fsp3) is 0.0909. The summed E-state index contributed by atoms with van der Waals surface area (Å²) in [4.78, 5) is 7.95. The minimum absolute atomic E-state index is 0.0114. The molecule has 9 heteroatoms. The van der Waals surface area contributed by atoms with Crippen LogP contribution in [0.3, 0.4) is 0 Å². The number of hydrogen-bond acceptors (Lipinski definition) is 6. The molecule has 0 fully saturated rings. The first-order chi connectivity index (χ1) is 9.44. The Morgan fingerprint density at radius 3 is 2.70 bits per heavy atom. The van der Waals surface area contributed by atoms with Crippen LogP contribution in [0.4, 0.5) is 5.82 Å². The number of nitrogens with zero attached hydrogens (tertiary/aromatic N) is 2. The van der Waals surface area contributed by atoms with Crippen LogP contribution in [0.2, 0.25) is 5.02 Å². The van der Waals surface area contributed by atoms with Gasteiger partial charge in [-0.25, -0.2) is 18.4 Å². The Bertz CT molecular complexity index is 737. The van der Waals surface area contributed by atoms with Gasteiger partial charge in [0.25, 0.3) is 15.9 Å². The van der Waals surface area contributed by atoms with E-state index in [1.807, 2.05) is 0 Å². The van der Waals surface area contributed by atoms with E-state index in [1.165, 1.54) is 31.6 Å². The third kappa shape index (κ3) is 3.14. The van der Waals surface area contributed by atoms with Gasteiger partial charge in [0, 0.05) is 22.3 Å². The number of aromatic nitrogens is 2. The lowest BCUT2D eigenvalue weighted by Gasteiger charge is -2.11. The predicted molar refractivity (Wildman–Crippen MR) is 78.1 cm³/mol. The summed E-state index contributed by atoms with van der Waals surface area (Å²) in [5.74, 6) is 0.0570. The van der Waals surface area contributed by atoms with Crippen LogP contribution in [0.5, 0.6) is 5.88 Å². The molecule has 0 atom stereocenters. The van der Waals surface area contributed by atoms with Crippen LogP contribution in [0.25, 0.3) is 0 Å². The molecule has 1 N–H and O–H groups in total. The average molecular weight is 332 g/mol. The standard InChI is InChI=1S/C11H10ClN3O3S2/c1-18-11-10(13-4-5-14-11)15-20(16,17)9-6-7(12)2-3-8(9)19/h2-6,19H,1H3,(H,13,15). The summed E-state index contributed by atoms with van der Waals surface area (Å²) in [6, 6.07) is 4.34. The van der Waals surface area contributed by atoms with Crippen molar-refractivity contribution in [2.75, 3.05) is 11.8 Å². The topological polar surface area (TPSA) is 81.2 Å². The number of ether oxygens (including phenoxy) is 1. The SMILES string of the molecule is COc1nccnc1NS(=O)(=O)c1cc(Cl)ccc1S. The van der Waals surface area contributed by atoms with Gasteiger partial charge in [0.15, 0.2) is 0 Å². The summed E-state index contributed by atoms with van der Waals surface area (Å²) in [6.07, 6.45) is 2.74. The predicted octanol–water partition coefficient (Wildman–Crippen LogP) is 2.23. The van der Waals surface area contributed by atoms with Crippen LogP contribution in [-0.4, -0.2) is 25.5 Å². The molecule has 2 rings (SSSR count). The number of nitrogens with one attached hydrogen (secondary N) is 1. The summed E-state index contributed by atoms with van der Waals surface area (Å²) >= 11 is 9.91. The molecular weight excluding hydrogens is 322 g/mol. The van der Waals surface area contributed by atoms with Crippen molar-refractivity contribution in [2.24, 2.45) is 0 Å². The Labute approximate surface area is 126 Å². The second kappa shape index (κ2) is 5.86. The Morgan fingerprint density at radius 1 is 1.30 bits per heavy atom. The minimum atomic E-state index is -3.89. The van der Waals surface area contributed by atoms with Crippen molar-refractivity contribution in [3.63, 3.8) is 0 Å². The van der Waals surface area contributed by atoms with E-state index in [0.717, 1.165) is 0 Å². The van der Waals surface area contributed by atoms with Gasteiger partial charge in [-0.3, -0.25) is 4.72 Å². The molecule has 0 spiro atoms. The van der Waals surface area contributed by atoms with Crippen molar-refractivity contribution in [3.8, 4) is 5.88 Å². The monoisotopic (exact) mass is 331 g/mol. The molecule has 1 aromatic carbocycles. The molecule has 0 aliphatic rings. The maximum absolute atomic E-state index is 12.3. The minimum Gasteiger partial charge on any atom is -0.478 e. The lowest BCUT2D eigenvalue weighted by molar-refractivity contribution is 0.398. The van der Waals surface area contributed by atoms with Crippen molar-refractivity contribution < 1.29 is 13.2 Å². The van der Waals surface area contributed by atoms with E-state index in [9.17, 15) is 8.42 Å². The average Bonchev–Trinajstić information content (AvgIpc) is 2.41. The summed E-state index contributed by atoms with van der Waals surface area (Å²) in [7, 11) is -2.53. The van der Waals surface area contributed by atoms with E-state index in [0.29, 0.717) is 0 Å². The molecular formula is C11H10ClN3O3S2. The maximum atomic E-state index is 12.3. The zero-order valence-corrected chi connectivity index (χ0v) is 12.7. The van der Waals surface area contributed by atoms with Crippen LogP contribution in [0.15, 0.2) is 40.4 Å². The molecule has 0 radical (unpaired) electrons. The van der Waals surface area contributed by atoms with Gasteiger partial charge in [-0.05, 0) is 18.2 Å². The van der Waals surface area contributed by atoms with E-state index in [2.05, 4.69) is 27.3 Å². The van der Waals surface area contributed by atoms with Crippen molar-refractivity contribution in [2.45, 2.75) is 9.79 Å². The first kappa shape index (κ1) is 14.9. The maximum Gasteiger partial charge on any atom is 0.264 e. The molecule has 0 saturated heterocycles. The first-order valence-electron chi connectivity index (χ1n) is 5.30. The number of benzene rings is 1. The van der Waals surface area contributed by atoms with Gasteiger partial charge >= 0.3 is 0 Å². The number of anilines is 1. The van der Waals surface area contributed by atoms with Gasteiger partial charge in [-0.2, -0.15) is 0 Å². The van der Waals surface area contributed by atoms with E-state index in [1.54, 1.807) is 6.07 Å². The summed E-state index contributed by atoms with van der Waals surface area (Å²) in [6.45, 7) is 0. The molecule has 2 aromatic rings. The molecule has 1 heterocycles. The van der Waals surface area contributed by atoms with Crippen molar-refractivity contribution in [1.29, 1.82) is 0 Å². The fourth-order valence-electron chi connectivity index (χ4n) is 1.43. The number of sulfonamides is 1. The Balaban J connectivity index is 2.43. The fourth-order valence-corrected chi connectivity index (χ4v) is 3.30. The Morgan fingerprint density at radius 2 is 2.00 bits per heavy atom. The molecule has 0 amide bonds. The Kier molecular flexibility index (Phi) is 4.36. The molecule has 0 unspecified atom stereocenters. The van der Waals surface area contributed by atoms with Crippen LogP contribution < -0.4 is 9.46 Å². The van der Waals surface area contributed by atoms with Crippen molar-refractivity contribution >= 4 is 40.1 Å². The van der Waals surface area contributed by atoms with E-state index in [-0.39, 0.29) is 26.5 Å². The van der Waals surface area contributed by atoms with Crippen LogP contribution in [0, 0.1) is 0 Å². The van der Waals surface area contributed by atoms with Gasteiger partial charge in [0.2, 0.25) is 5.82 Å². The van der Waals surface area contributed by atoms with Gasteiger partial charge in [-0.15, -0.1) is 12.6 Å². The van der Waals surface area contributed by atoms with Gasteiger partial charge < -0.3 is 4.74 Å². The van der Waals surface area contributed by atoms with Crippen molar-refractivity contribution in [1.82, 2.24) is 9.97 Å². The summed E-state index contributed by atoms with van der Waals surface area (Å²) in [5.41, 5.74) is 0. The lowest BCUT2D eigenvalue weighted by Crippen LogP contribution is -2.15. The highest BCUT2D eigenvalue weighted by Gasteiger charge is 2.20. The molecule has 0 aliphatic carbocycles. The second-order valence-corrected chi connectivity index (χ2v) is 6.20. The van der Waals surface area contributed by atoms with Crippen LogP contribution >= 0.6 is 24.2 Å². The van der Waals surface area contributed by atoms with E-state index in [4.69, 9.17) is 16.3 Å². The van der Waals surface area contributed by atoms with E-state index < -0.39 is 10.0 Å². The highest BCUT2D eigenvalue weighted by atomic mass is 35.5. The van der Waals surface area contributed by atoms with Gasteiger partial charge in [0.05, 0.1) is 7.11 Å². The zero-order chi connectivity index (χ0) is 14.8. The number of rotatable bonds is 4. The van der Waals surface area contributed by atoms with Crippen molar-refractivity contribution in [3.05, 3.63) is 35.6 Å². The quantitative estimate of drug-likeness (QED) is 0.840. The highest BCUT2D eigenvalue weighted by Crippen LogP contribution is 2.27. The molecule has 0 aliphatic heterocycles. The number of halogens is 1. The number of hydrogen-bond donors (Lipinski definition) is 2. The Hall–Kier alpha value is -1.51. The molecule has 6 nitrogen and oxygen atoms in total. The highest BCUT2D eigenvalue weighted by molar-refractivity contribution is 7.93. The molecule has 0 saturated carbocycles. The van der Waals surface area contributed by atoms with Gasteiger partial charge in [0.1, 0.15) is 4.90 Å². The smallest absolute Gasteiger partial charge is 0.264 e. The zero-order valence-electron chi connectivity index (χ0n) is 10.2. The summed E-state index contributed by atoms with van der Waals surface area (Å²) in [5, 5.41) is 0.286. The number of methoxy groups -OCH3 is 1. The third-order valence-corrected chi connectivity index (χ3v) is 4.46. The van der Waals surface area contributed by atoms with Crippen LogP contribution in [0.1, 0.15) is 0 Å². The molecule has 0 bridgehead atoms. The molecule has 106 valence electrons. The molecule has 20 heavy (non-hydrogen) atoms. The lowest BCUT2D eigenvalue weighted by atomic mass is 10.4. The third-order valence-electron chi connectivity index (χ3n) is 2.30. The number of thiol groups is 1. The van der Waals surface area contributed by atoms with E-state index >= 15 is 0 Å². The first-order valence-corrected chi connectivity index (χ1v) is 7.61. The normalized spacial score (nSPS) is 11.2.